The molecule has 0 saturated carbocycles. The molecule has 1 fully saturated rings. The molecule has 2 rings (SSSR count). The number of carboxylic acid groups (broad SMARTS) is 1. The molecule has 5 nitrogen and oxygen atoms in total. The van der Waals surface area contributed by atoms with E-state index in [9.17, 15) is 9.59 Å². The van der Waals surface area contributed by atoms with Crippen LogP contribution in [0.5, 0.6) is 5.75 Å². The van der Waals surface area contributed by atoms with E-state index in [1.54, 1.807) is 30.0 Å². The Labute approximate surface area is 132 Å². The summed E-state index contributed by atoms with van der Waals surface area (Å²) in [5.41, 5.74) is 0. The predicted molar refractivity (Wildman–Crippen MR) is 78.8 cm³/mol. The van der Waals surface area contributed by atoms with E-state index >= 15 is 0 Å². The van der Waals surface area contributed by atoms with Crippen LogP contribution in [0.3, 0.4) is 0 Å². The van der Waals surface area contributed by atoms with Crippen LogP contribution in [0, 0.1) is 11.8 Å². The second-order valence-electron chi connectivity index (χ2n) is 5.05. The average molecular weight is 332 g/mol. The Morgan fingerprint density at radius 3 is 2.62 bits per heavy atom. The third kappa shape index (κ3) is 3.80. The minimum Gasteiger partial charge on any atom is -0.484 e. The molecule has 1 heterocycles. The Balaban J connectivity index is 1.79. The molecule has 114 valence electrons. The number of benzene rings is 1. The smallest absolute Gasteiger partial charge is 0.306 e. The van der Waals surface area contributed by atoms with E-state index in [2.05, 4.69) is 0 Å². The third-order valence-corrected chi connectivity index (χ3v) is 4.35. The Bertz CT molecular complexity index is 558. The van der Waals surface area contributed by atoms with Crippen molar-refractivity contribution < 1.29 is 19.4 Å². The second kappa shape index (κ2) is 6.54. The van der Waals surface area contributed by atoms with Crippen LogP contribution in [0.1, 0.15) is 6.92 Å². The maximum absolute atomic E-state index is 11.9. The van der Waals surface area contributed by atoms with Gasteiger partial charge in [0.15, 0.2) is 6.61 Å². The van der Waals surface area contributed by atoms with Gasteiger partial charge in [-0.15, -0.1) is 0 Å². The van der Waals surface area contributed by atoms with Gasteiger partial charge in [0, 0.05) is 25.1 Å². The van der Waals surface area contributed by atoms with Crippen molar-refractivity contribution in [1.29, 1.82) is 0 Å². The van der Waals surface area contributed by atoms with Crippen LogP contribution < -0.4 is 4.74 Å². The van der Waals surface area contributed by atoms with Crippen molar-refractivity contribution in [1.82, 2.24) is 4.90 Å². The molecule has 1 unspecified atom stereocenters. The number of carbonyl (C=O) groups excluding carboxylic acids is 1. The van der Waals surface area contributed by atoms with Crippen molar-refractivity contribution in [2.24, 2.45) is 11.8 Å². The molecule has 1 aliphatic rings. The van der Waals surface area contributed by atoms with Gasteiger partial charge < -0.3 is 14.7 Å². The third-order valence-electron chi connectivity index (χ3n) is 3.61. The number of ether oxygens (including phenoxy) is 1. The van der Waals surface area contributed by atoms with E-state index in [-0.39, 0.29) is 18.4 Å². The van der Waals surface area contributed by atoms with Crippen LogP contribution in [0.4, 0.5) is 0 Å². The number of carbonyl (C=O) groups is 2. The minimum absolute atomic E-state index is 0.0106. The van der Waals surface area contributed by atoms with Gasteiger partial charge in [0.1, 0.15) is 5.75 Å². The Morgan fingerprint density at radius 2 is 2.05 bits per heavy atom. The zero-order valence-corrected chi connectivity index (χ0v) is 12.9. The number of hydrogen-bond acceptors (Lipinski definition) is 3. The summed E-state index contributed by atoms with van der Waals surface area (Å²) in [5, 5.41) is 9.67. The first-order valence-corrected chi connectivity index (χ1v) is 7.22. The maximum Gasteiger partial charge on any atom is 0.306 e. The van der Waals surface area contributed by atoms with Gasteiger partial charge in [-0.25, -0.2) is 0 Å². The quantitative estimate of drug-likeness (QED) is 0.900. The Morgan fingerprint density at radius 1 is 1.38 bits per heavy atom. The number of rotatable bonds is 5. The predicted octanol–water partition coefficient (Wildman–Crippen LogP) is 2.55. The molecular formula is C14H15Cl2NO4. The van der Waals surface area contributed by atoms with Gasteiger partial charge in [-0.1, -0.05) is 30.1 Å². The molecular weight excluding hydrogens is 317 g/mol. The summed E-state index contributed by atoms with van der Waals surface area (Å²) in [7, 11) is 0. The van der Waals surface area contributed by atoms with Crippen molar-refractivity contribution >= 4 is 35.1 Å². The highest BCUT2D eigenvalue weighted by atomic mass is 35.5. The van der Waals surface area contributed by atoms with E-state index in [0.29, 0.717) is 28.9 Å². The summed E-state index contributed by atoms with van der Waals surface area (Å²) >= 11 is 11.6. The van der Waals surface area contributed by atoms with Crippen LogP contribution in [0.25, 0.3) is 0 Å². The zero-order chi connectivity index (χ0) is 15.6. The fourth-order valence-electron chi connectivity index (χ4n) is 2.04. The van der Waals surface area contributed by atoms with E-state index in [1.807, 2.05) is 0 Å². The molecule has 1 aromatic carbocycles. The number of nitrogens with zero attached hydrogens (tertiary/aromatic N) is 1. The lowest BCUT2D eigenvalue weighted by Gasteiger charge is -2.41. The van der Waals surface area contributed by atoms with Crippen LogP contribution in [0.2, 0.25) is 10.0 Å². The minimum atomic E-state index is -0.834. The molecule has 1 atom stereocenters. The molecule has 0 aliphatic carbocycles. The van der Waals surface area contributed by atoms with Crippen molar-refractivity contribution in [3.8, 4) is 5.75 Å². The van der Waals surface area contributed by atoms with Gasteiger partial charge in [0.05, 0.1) is 16.0 Å². The van der Waals surface area contributed by atoms with Gasteiger partial charge >= 0.3 is 5.97 Å². The first kappa shape index (κ1) is 15.9. The molecule has 7 heteroatoms. The van der Waals surface area contributed by atoms with Crippen molar-refractivity contribution in [2.45, 2.75) is 6.92 Å². The van der Waals surface area contributed by atoms with Crippen LogP contribution in [-0.4, -0.2) is 41.6 Å². The highest BCUT2D eigenvalue weighted by molar-refractivity contribution is 6.42. The summed E-state index contributed by atoms with van der Waals surface area (Å²) in [6, 6.07) is 4.77. The first-order valence-electron chi connectivity index (χ1n) is 6.47. The molecule has 1 aromatic rings. The fraction of sp³-hybridized carbons (Fsp3) is 0.429. The molecule has 21 heavy (non-hydrogen) atoms. The summed E-state index contributed by atoms with van der Waals surface area (Å²) in [6.45, 7) is 2.46. The lowest BCUT2D eigenvalue weighted by atomic mass is 9.87. The summed E-state index contributed by atoms with van der Waals surface area (Å²) in [4.78, 5) is 24.3. The first-order chi connectivity index (χ1) is 9.88. The van der Waals surface area contributed by atoms with E-state index in [1.165, 1.54) is 0 Å². The summed E-state index contributed by atoms with van der Waals surface area (Å²) in [6.07, 6.45) is 0. The van der Waals surface area contributed by atoms with Crippen molar-refractivity contribution in [3.63, 3.8) is 0 Å². The van der Waals surface area contributed by atoms with Crippen molar-refractivity contribution in [2.75, 3.05) is 19.7 Å². The monoisotopic (exact) mass is 331 g/mol. The lowest BCUT2D eigenvalue weighted by molar-refractivity contribution is -0.151. The standard InChI is InChI=1S/C14H15Cl2NO4/c1-8(14(19)20)9-5-17(6-9)13(18)7-21-10-2-3-11(15)12(16)4-10/h2-4,8-9H,5-7H2,1H3,(H,19,20). The normalized spacial score (nSPS) is 16.2. The SMILES string of the molecule is CC(C(=O)O)C1CN(C(=O)COc2ccc(Cl)c(Cl)c2)C1. The largest absolute Gasteiger partial charge is 0.484 e. The molecule has 0 bridgehead atoms. The number of amides is 1. The van der Waals surface area contributed by atoms with E-state index < -0.39 is 11.9 Å². The van der Waals surface area contributed by atoms with Gasteiger partial charge in [0.2, 0.25) is 0 Å². The van der Waals surface area contributed by atoms with Gasteiger partial charge in [0.25, 0.3) is 5.91 Å². The highest BCUT2D eigenvalue weighted by Crippen LogP contribution is 2.27. The topological polar surface area (TPSA) is 66.8 Å². The number of halogens is 2. The molecule has 0 spiro atoms. The molecule has 1 amide bonds. The van der Waals surface area contributed by atoms with Gasteiger partial charge in [-0.3, -0.25) is 9.59 Å². The number of hydrogen-bond donors (Lipinski definition) is 1. The highest BCUT2D eigenvalue weighted by Gasteiger charge is 2.37. The van der Waals surface area contributed by atoms with E-state index in [4.69, 9.17) is 33.0 Å². The number of carboxylic acids is 1. The summed E-state index contributed by atoms with van der Waals surface area (Å²) < 4.78 is 5.35. The number of aliphatic carboxylic acids is 1. The average Bonchev–Trinajstić information content (AvgIpc) is 2.38. The second-order valence-corrected chi connectivity index (χ2v) is 5.86. The van der Waals surface area contributed by atoms with Crippen molar-refractivity contribution in [3.05, 3.63) is 28.2 Å². The van der Waals surface area contributed by atoms with E-state index in [0.717, 1.165) is 0 Å². The van der Waals surface area contributed by atoms with Gasteiger partial charge in [-0.05, 0) is 12.1 Å². The summed E-state index contributed by atoms with van der Waals surface area (Å²) in [5.74, 6) is -0.968. The Kier molecular flexibility index (Phi) is 4.96. The van der Waals surface area contributed by atoms with Crippen LogP contribution in [-0.2, 0) is 9.59 Å². The molecule has 1 saturated heterocycles. The van der Waals surface area contributed by atoms with Crippen LogP contribution in [0.15, 0.2) is 18.2 Å². The lowest BCUT2D eigenvalue weighted by Crippen LogP contribution is -2.54. The molecule has 1 N–H and O–H groups in total. The number of likely N-dealkylation sites (tertiary alicyclic amines) is 1. The van der Waals surface area contributed by atoms with Crippen LogP contribution >= 0.6 is 23.2 Å². The molecule has 0 radical (unpaired) electrons. The van der Waals surface area contributed by atoms with Gasteiger partial charge in [-0.2, -0.15) is 0 Å². The molecule has 0 aromatic heterocycles. The Hall–Kier alpha value is -1.46. The zero-order valence-electron chi connectivity index (χ0n) is 11.4. The molecule has 1 aliphatic heterocycles. The maximum atomic E-state index is 11.9. The fourth-order valence-corrected chi connectivity index (χ4v) is 2.33.